The van der Waals surface area contributed by atoms with Gasteiger partial charge in [0.15, 0.2) is 0 Å². The van der Waals surface area contributed by atoms with E-state index >= 15 is 0 Å². The number of ether oxygens (including phenoxy) is 2. The first-order chi connectivity index (χ1) is 17.4. The van der Waals surface area contributed by atoms with Crippen molar-refractivity contribution in [3.8, 4) is 28.5 Å². The number of halogens is 1. The van der Waals surface area contributed by atoms with Crippen molar-refractivity contribution in [3.63, 3.8) is 0 Å². The average Bonchev–Trinajstić information content (AvgIpc) is 3.58. The molecule has 8 nitrogen and oxygen atoms in total. The molecule has 0 aliphatic heterocycles. The molecule has 0 saturated heterocycles. The van der Waals surface area contributed by atoms with E-state index in [9.17, 15) is 4.39 Å². The van der Waals surface area contributed by atoms with Crippen molar-refractivity contribution in [3.05, 3.63) is 77.4 Å². The van der Waals surface area contributed by atoms with E-state index in [2.05, 4.69) is 14.9 Å². The Morgan fingerprint density at radius 3 is 2.50 bits per heavy atom. The second kappa shape index (κ2) is 9.74. The maximum atomic E-state index is 14.2. The monoisotopic (exact) mass is 486 g/mol. The highest BCUT2D eigenvalue weighted by molar-refractivity contribution is 5.83. The molecule has 1 aliphatic rings. The van der Waals surface area contributed by atoms with E-state index in [0.29, 0.717) is 34.4 Å². The van der Waals surface area contributed by atoms with Gasteiger partial charge < -0.3 is 19.8 Å². The lowest BCUT2D eigenvalue weighted by molar-refractivity contribution is 0.293. The van der Waals surface area contributed by atoms with Crippen LogP contribution < -0.4 is 15.2 Å². The summed E-state index contributed by atoms with van der Waals surface area (Å²) in [5.41, 5.74) is 8.85. The van der Waals surface area contributed by atoms with Crippen LogP contribution in [0.3, 0.4) is 0 Å². The molecule has 2 aromatic carbocycles. The highest BCUT2D eigenvalue weighted by atomic mass is 19.1. The lowest BCUT2D eigenvalue weighted by atomic mass is 10.1. The molecule has 1 aliphatic carbocycles. The van der Waals surface area contributed by atoms with Crippen molar-refractivity contribution < 1.29 is 13.9 Å². The number of aromatic nitrogens is 4. The van der Waals surface area contributed by atoms with Crippen molar-refractivity contribution in [2.75, 3.05) is 5.73 Å². The topological polar surface area (TPSA) is 84.5 Å². The molecule has 1 fully saturated rings. The van der Waals surface area contributed by atoms with E-state index in [-0.39, 0.29) is 12.6 Å². The molecule has 5 rings (SSSR count). The fourth-order valence-electron chi connectivity index (χ4n) is 4.51. The van der Waals surface area contributed by atoms with E-state index in [1.54, 1.807) is 29.1 Å². The number of anilines is 1. The Morgan fingerprint density at radius 1 is 1.11 bits per heavy atom. The first-order valence-electron chi connectivity index (χ1n) is 11.9. The first kappa shape index (κ1) is 23.4. The third-order valence-corrected chi connectivity index (χ3v) is 6.62. The summed E-state index contributed by atoms with van der Waals surface area (Å²) >= 11 is 0. The molecule has 184 valence electrons. The Balaban J connectivity index is 1.32. The maximum Gasteiger partial charge on any atom is 0.254 e. The normalized spacial score (nSPS) is 13.6. The molecule has 2 heterocycles. The third-order valence-electron chi connectivity index (χ3n) is 6.62. The van der Waals surface area contributed by atoms with Crippen LogP contribution in [0.4, 0.5) is 15.9 Å². The van der Waals surface area contributed by atoms with Gasteiger partial charge in [-0.1, -0.05) is 25.0 Å². The first-order valence-corrected chi connectivity index (χ1v) is 11.9. The van der Waals surface area contributed by atoms with Crippen molar-refractivity contribution in [2.24, 2.45) is 7.05 Å². The predicted octanol–water partition coefficient (Wildman–Crippen LogP) is 6.35. The third kappa shape index (κ3) is 4.62. The van der Waals surface area contributed by atoms with Gasteiger partial charge in [-0.3, -0.25) is 4.68 Å². The summed E-state index contributed by atoms with van der Waals surface area (Å²) in [5.74, 6) is 2.02. The molecule has 2 N–H and O–H groups in total. The smallest absolute Gasteiger partial charge is 0.254 e. The fourth-order valence-corrected chi connectivity index (χ4v) is 4.51. The van der Waals surface area contributed by atoms with Gasteiger partial charge in [0.25, 0.3) is 5.69 Å². The summed E-state index contributed by atoms with van der Waals surface area (Å²) in [5, 5.41) is 4.69. The summed E-state index contributed by atoms with van der Waals surface area (Å²) in [6.45, 7) is 9.77. The Hall–Kier alpha value is -4.32. The van der Waals surface area contributed by atoms with Gasteiger partial charge in [-0.05, 0) is 37.5 Å². The number of aryl methyl sites for hydroxylation is 1. The number of nitrogens with two attached hydrogens (primary N) is 1. The van der Waals surface area contributed by atoms with Crippen LogP contribution in [0.2, 0.25) is 0 Å². The number of rotatable bonds is 7. The van der Waals surface area contributed by atoms with Crippen LogP contribution in [0.25, 0.3) is 16.1 Å². The van der Waals surface area contributed by atoms with Crippen LogP contribution in [-0.2, 0) is 13.7 Å². The van der Waals surface area contributed by atoms with Gasteiger partial charge in [-0.15, -0.1) is 0 Å². The molecule has 9 heteroatoms. The molecule has 0 bridgehead atoms. The van der Waals surface area contributed by atoms with E-state index in [1.165, 1.54) is 12.1 Å². The molecule has 1 saturated carbocycles. The summed E-state index contributed by atoms with van der Waals surface area (Å²) < 4.78 is 29.6. The van der Waals surface area contributed by atoms with E-state index in [0.717, 1.165) is 42.8 Å². The van der Waals surface area contributed by atoms with Gasteiger partial charge in [0, 0.05) is 25.2 Å². The zero-order valence-electron chi connectivity index (χ0n) is 20.2. The minimum absolute atomic E-state index is 0.244. The molecule has 2 aromatic heterocycles. The fraction of sp³-hybridized carbons (Fsp3) is 0.296. The van der Waals surface area contributed by atoms with E-state index in [1.807, 2.05) is 30.7 Å². The number of benzene rings is 2. The number of imidazole rings is 1. The lowest BCUT2D eigenvalue weighted by Crippen LogP contribution is -2.09. The minimum Gasteiger partial charge on any atom is -0.487 e. The Kier molecular flexibility index (Phi) is 6.34. The van der Waals surface area contributed by atoms with Gasteiger partial charge in [0.05, 0.1) is 24.5 Å². The van der Waals surface area contributed by atoms with Gasteiger partial charge >= 0.3 is 0 Å². The Bertz CT molecular complexity index is 1430. The van der Waals surface area contributed by atoms with Crippen LogP contribution in [-0.4, -0.2) is 19.3 Å². The SMILES string of the molecule is [C-]#[N+]c1c(-c2ccc(Oc3cc(F)cc(OCc4cnc(C)n4C)c3)cc2)nn(C2CCCC2)c1N. The van der Waals surface area contributed by atoms with Crippen molar-refractivity contribution in [1.82, 2.24) is 19.3 Å². The van der Waals surface area contributed by atoms with E-state index in [4.69, 9.17) is 21.8 Å². The second-order valence-corrected chi connectivity index (χ2v) is 8.97. The summed E-state index contributed by atoms with van der Waals surface area (Å²) in [4.78, 5) is 7.88. The molecule has 0 amide bonds. The quantitative estimate of drug-likeness (QED) is 0.308. The molecule has 0 radical (unpaired) electrons. The van der Waals surface area contributed by atoms with Crippen molar-refractivity contribution in [1.29, 1.82) is 0 Å². The number of hydrogen-bond acceptors (Lipinski definition) is 5. The van der Waals surface area contributed by atoms with Gasteiger partial charge in [-0.25, -0.2) is 14.2 Å². The summed E-state index contributed by atoms with van der Waals surface area (Å²) in [6.07, 6.45) is 6.08. The lowest BCUT2D eigenvalue weighted by Gasteiger charge is -2.12. The molecule has 0 spiro atoms. The van der Waals surface area contributed by atoms with Crippen molar-refractivity contribution in [2.45, 2.75) is 45.3 Å². The van der Waals surface area contributed by atoms with Gasteiger partial charge in [0.1, 0.15) is 47.0 Å². The molecular weight excluding hydrogens is 459 g/mol. The maximum absolute atomic E-state index is 14.2. The summed E-state index contributed by atoms with van der Waals surface area (Å²) in [7, 11) is 1.90. The highest BCUT2D eigenvalue weighted by Gasteiger charge is 2.24. The van der Waals surface area contributed by atoms with Crippen LogP contribution in [0.5, 0.6) is 17.2 Å². The van der Waals surface area contributed by atoms with Gasteiger partial charge in [-0.2, -0.15) is 5.10 Å². The van der Waals surface area contributed by atoms with Crippen molar-refractivity contribution >= 4 is 11.5 Å². The zero-order chi connectivity index (χ0) is 25.2. The molecule has 0 atom stereocenters. The number of nitrogens with zero attached hydrogens (tertiary/aromatic N) is 5. The highest BCUT2D eigenvalue weighted by Crippen LogP contribution is 2.40. The number of nitrogen functional groups attached to an aromatic ring is 1. The second-order valence-electron chi connectivity index (χ2n) is 8.97. The van der Waals surface area contributed by atoms with Crippen LogP contribution in [0.1, 0.15) is 43.2 Å². The largest absolute Gasteiger partial charge is 0.487 e. The molecule has 36 heavy (non-hydrogen) atoms. The van der Waals surface area contributed by atoms with Gasteiger partial charge in [0.2, 0.25) is 0 Å². The standard InChI is InChI=1S/C27H27FN6O2/c1-17-31-15-21(33(17)3)16-35-23-12-19(28)13-24(14-23)36-22-10-8-18(9-11-22)25-26(30-2)27(29)34(32-25)20-6-4-5-7-20/h8-15,20H,4-7,16,29H2,1,3H3. The average molecular weight is 487 g/mol. The van der Waals surface area contributed by atoms with Crippen LogP contribution in [0, 0.1) is 19.3 Å². The Morgan fingerprint density at radius 2 is 1.83 bits per heavy atom. The number of hydrogen-bond donors (Lipinski definition) is 1. The summed E-state index contributed by atoms with van der Waals surface area (Å²) in [6, 6.07) is 11.7. The predicted molar refractivity (Wildman–Crippen MR) is 135 cm³/mol. The molecule has 4 aromatic rings. The zero-order valence-corrected chi connectivity index (χ0v) is 20.2. The van der Waals surface area contributed by atoms with Crippen LogP contribution in [0.15, 0.2) is 48.7 Å². The van der Waals surface area contributed by atoms with Crippen LogP contribution >= 0.6 is 0 Å². The minimum atomic E-state index is -0.463. The Labute approximate surface area is 208 Å². The van der Waals surface area contributed by atoms with E-state index < -0.39 is 5.82 Å². The molecular formula is C27H27FN6O2. The molecule has 0 unspecified atom stereocenters.